The maximum absolute atomic E-state index is 12.1. The maximum Gasteiger partial charge on any atom is 0.256 e. The minimum Gasteiger partial charge on any atom is -0.507 e. The first kappa shape index (κ1) is 21.0. The van der Waals surface area contributed by atoms with Crippen molar-refractivity contribution in [3.05, 3.63) is 58.7 Å². The summed E-state index contributed by atoms with van der Waals surface area (Å²) in [4.78, 5) is 14.1. The number of hydrogen-bond acceptors (Lipinski definition) is 6. The summed E-state index contributed by atoms with van der Waals surface area (Å²) in [6.07, 6.45) is 0.732. The molecule has 0 aliphatic heterocycles. The molecule has 2 aromatic carbocycles. The number of phenols is 1. The first-order valence-corrected chi connectivity index (χ1v) is 9.78. The number of phenolic OH excluding ortho intramolecular Hbond substituents is 1. The van der Waals surface area contributed by atoms with Gasteiger partial charge < -0.3 is 26.4 Å². The fraction of sp³-hybridized carbons (Fsp3) is 0.273. The van der Waals surface area contributed by atoms with Crippen LogP contribution < -0.4 is 21.3 Å². The number of nitrogens with two attached hydrogens (primary N) is 1. The second-order valence-corrected chi connectivity index (χ2v) is 7.38. The van der Waals surface area contributed by atoms with Crippen LogP contribution in [0, 0.1) is 6.92 Å². The highest BCUT2D eigenvalue weighted by Crippen LogP contribution is 2.27. The molecule has 158 valence electrons. The van der Waals surface area contributed by atoms with E-state index in [0.29, 0.717) is 23.9 Å². The Hall–Kier alpha value is -3.68. The summed E-state index contributed by atoms with van der Waals surface area (Å²) in [7, 11) is 3.94. The van der Waals surface area contributed by atoms with E-state index in [9.17, 15) is 9.90 Å². The van der Waals surface area contributed by atoms with Gasteiger partial charge in [0.15, 0.2) is 5.82 Å². The Morgan fingerprint density at radius 3 is 2.53 bits per heavy atom. The van der Waals surface area contributed by atoms with Crippen molar-refractivity contribution in [2.75, 3.05) is 29.6 Å². The molecule has 3 rings (SSSR count). The molecule has 0 fully saturated rings. The van der Waals surface area contributed by atoms with Crippen LogP contribution in [-0.4, -0.2) is 35.3 Å². The predicted octanol–water partition coefficient (Wildman–Crippen LogP) is 3.51. The van der Waals surface area contributed by atoms with Gasteiger partial charge in [0, 0.05) is 32.0 Å². The molecule has 8 nitrogen and oxygen atoms in total. The van der Waals surface area contributed by atoms with E-state index in [-0.39, 0.29) is 5.56 Å². The molecule has 0 atom stereocenters. The molecule has 3 aromatic rings. The van der Waals surface area contributed by atoms with Gasteiger partial charge in [-0.2, -0.15) is 5.10 Å². The number of carbonyl (C=O) groups excluding carboxylic acids is 1. The van der Waals surface area contributed by atoms with Gasteiger partial charge in [-0.3, -0.25) is 9.89 Å². The molecular formula is C22H28N6O2. The van der Waals surface area contributed by atoms with E-state index in [4.69, 9.17) is 5.73 Å². The molecule has 1 aromatic heterocycles. The number of carbonyl (C=O) groups is 1. The predicted molar refractivity (Wildman–Crippen MR) is 121 cm³/mol. The summed E-state index contributed by atoms with van der Waals surface area (Å²) in [6, 6.07) is 11.6. The van der Waals surface area contributed by atoms with Crippen LogP contribution in [0.5, 0.6) is 5.75 Å². The topological polar surface area (TPSA) is 119 Å². The number of aromatic hydroxyl groups is 1. The Bertz CT molecular complexity index is 1040. The number of rotatable bonds is 8. The normalized spacial score (nSPS) is 10.7. The third kappa shape index (κ3) is 4.48. The third-order valence-electron chi connectivity index (χ3n) is 4.95. The van der Waals surface area contributed by atoms with Gasteiger partial charge in [0.25, 0.3) is 5.91 Å². The Morgan fingerprint density at radius 2 is 1.93 bits per heavy atom. The summed E-state index contributed by atoms with van der Waals surface area (Å²) < 4.78 is 0. The zero-order valence-corrected chi connectivity index (χ0v) is 17.7. The van der Waals surface area contributed by atoms with Gasteiger partial charge in [-0.15, -0.1) is 0 Å². The molecule has 8 heteroatoms. The van der Waals surface area contributed by atoms with E-state index in [2.05, 4.69) is 20.8 Å². The number of amides is 1. The standard InChI is InChI=1S/C22H28N6O2/c1-5-15-11-14(10-13(2)19(15)29)12-24-21-18(20(23)30)22(27-26-21)25-16-6-8-17(9-7-16)28(3)4/h6-11,29H,5,12H2,1-4H3,(H2,23,30)(H3,24,25,26,27). The highest BCUT2D eigenvalue weighted by atomic mass is 16.3. The number of primary amides is 1. The summed E-state index contributed by atoms with van der Waals surface area (Å²) in [6.45, 7) is 4.30. The van der Waals surface area contributed by atoms with E-state index < -0.39 is 5.91 Å². The lowest BCUT2D eigenvalue weighted by atomic mass is 10.0. The second-order valence-electron chi connectivity index (χ2n) is 7.38. The molecule has 0 aliphatic rings. The maximum atomic E-state index is 12.1. The van der Waals surface area contributed by atoms with Crippen LogP contribution in [0.2, 0.25) is 0 Å². The molecule has 0 radical (unpaired) electrons. The molecule has 0 unspecified atom stereocenters. The highest BCUT2D eigenvalue weighted by Gasteiger charge is 2.19. The fourth-order valence-corrected chi connectivity index (χ4v) is 3.28. The van der Waals surface area contributed by atoms with Crippen molar-refractivity contribution in [3.8, 4) is 5.75 Å². The van der Waals surface area contributed by atoms with Crippen LogP contribution in [0.3, 0.4) is 0 Å². The Balaban J connectivity index is 1.79. The number of anilines is 4. The third-order valence-corrected chi connectivity index (χ3v) is 4.95. The molecule has 6 N–H and O–H groups in total. The van der Waals surface area contributed by atoms with Crippen LogP contribution >= 0.6 is 0 Å². The van der Waals surface area contributed by atoms with Crippen molar-refractivity contribution < 1.29 is 9.90 Å². The van der Waals surface area contributed by atoms with Crippen LogP contribution in [0.15, 0.2) is 36.4 Å². The molecule has 0 saturated carbocycles. The van der Waals surface area contributed by atoms with Crippen molar-refractivity contribution in [1.82, 2.24) is 10.2 Å². The number of aromatic amines is 1. The van der Waals surface area contributed by atoms with Gasteiger partial charge >= 0.3 is 0 Å². The largest absolute Gasteiger partial charge is 0.507 e. The van der Waals surface area contributed by atoms with Crippen LogP contribution in [0.4, 0.5) is 23.0 Å². The van der Waals surface area contributed by atoms with Crippen molar-refractivity contribution in [2.45, 2.75) is 26.8 Å². The smallest absolute Gasteiger partial charge is 0.256 e. The van der Waals surface area contributed by atoms with Crippen molar-refractivity contribution in [3.63, 3.8) is 0 Å². The number of aromatic nitrogens is 2. The molecular weight excluding hydrogens is 380 g/mol. The lowest BCUT2D eigenvalue weighted by Crippen LogP contribution is -2.15. The summed E-state index contributed by atoms with van der Waals surface area (Å²) in [5.74, 6) is 0.540. The zero-order chi connectivity index (χ0) is 21.8. The second kappa shape index (κ2) is 8.77. The van der Waals surface area contributed by atoms with Gasteiger partial charge in [0.2, 0.25) is 0 Å². The van der Waals surface area contributed by atoms with Crippen LogP contribution in [0.25, 0.3) is 0 Å². The van der Waals surface area contributed by atoms with E-state index in [0.717, 1.165) is 34.5 Å². The Kier molecular flexibility index (Phi) is 6.15. The molecule has 30 heavy (non-hydrogen) atoms. The number of H-pyrrole nitrogens is 1. The molecule has 0 aliphatic carbocycles. The lowest BCUT2D eigenvalue weighted by Gasteiger charge is -2.13. The summed E-state index contributed by atoms with van der Waals surface area (Å²) >= 11 is 0. The van der Waals surface area contributed by atoms with Gasteiger partial charge in [-0.1, -0.05) is 19.1 Å². The quantitative estimate of drug-likeness (QED) is 0.389. The zero-order valence-electron chi connectivity index (χ0n) is 17.7. The molecule has 1 heterocycles. The average Bonchev–Trinajstić information content (AvgIpc) is 3.11. The minimum absolute atomic E-state index is 0.262. The number of nitrogens with zero attached hydrogens (tertiary/aromatic N) is 2. The lowest BCUT2D eigenvalue weighted by molar-refractivity contribution is 0.100. The monoisotopic (exact) mass is 408 g/mol. The first-order chi connectivity index (χ1) is 14.3. The van der Waals surface area contributed by atoms with E-state index >= 15 is 0 Å². The van der Waals surface area contributed by atoms with Gasteiger partial charge in [0.05, 0.1) is 0 Å². The van der Waals surface area contributed by atoms with Crippen molar-refractivity contribution in [2.24, 2.45) is 5.73 Å². The van der Waals surface area contributed by atoms with Gasteiger partial charge in [-0.05, 0) is 54.3 Å². The van der Waals surface area contributed by atoms with Crippen LogP contribution in [-0.2, 0) is 13.0 Å². The Labute approximate surface area is 176 Å². The van der Waals surface area contributed by atoms with Crippen molar-refractivity contribution >= 4 is 28.9 Å². The van der Waals surface area contributed by atoms with E-state index in [1.165, 1.54) is 0 Å². The van der Waals surface area contributed by atoms with Crippen molar-refractivity contribution in [1.29, 1.82) is 0 Å². The number of benzene rings is 2. The number of hydrogen-bond donors (Lipinski definition) is 5. The molecule has 0 spiro atoms. The molecule has 0 bridgehead atoms. The average molecular weight is 409 g/mol. The molecule has 0 saturated heterocycles. The van der Waals surface area contributed by atoms with Crippen LogP contribution in [0.1, 0.15) is 34.0 Å². The summed E-state index contributed by atoms with van der Waals surface area (Å²) in [5, 5.41) is 23.5. The van der Waals surface area contributed by atoms with E-state index in [1.54, 1.807) is 0 Å². The number of nitrogens with one attached hydrogen (secondary N) is 3. The SMILES string of the molecule is CCc1cc(CNc2n[nH]c(Nc3ccc(N(C)C)cc3)c2C(N)=O)cc(C)c1O. The highest BCUT2D eigenvalue weighted by molar-refractivity contribution is 6.03. The Morgan fingerprint density at radius 1 is 1.23 bits per heavy atom. The summed E-state index contributed by atoms with van der Waals surface area (Å²) in [5.41, 5.74) is 10.4. The van der Waals surface area contributed by atoms with E-state index in [1.807, 2.05) is 69.2 Å². The van der Waals surface area contributed by atoms with Gasteiger partial charge in [0.1, 0.15) is 17.1 Å². The fourth-order valence-electron chi connectivity index (χ4n) is 3.28. The first-order valence-electron chi connectivity index (χ1n) is 9.78. The van der Waals surface area contributed by atoms with Gasteiger partial charge in [-0.25, -0.2) is 0 Å². The molecule has 1 amide bonds. The minimum atomic E-state index is -0.588. The number of aryl methyl sites for hydroxylation is 2.